The van der Waals surface area contributed by atoms with Crippen LogP contribution in [0, 0.1) is 5.92 Å². The monoisotopic (exact) mass is 273 g/mol. The number of aromatic amines is 1. The van der Waals surface area contributed by atoms with Gasteiger partial charge in [-0.25, -0.2) is 4.79 Å². The summed E-state index contributed by atoms with van der Waals surface area (Å²) in [5.41, 5.74) is 1.84. The largest absolute Gasteiger partial charge is 0.385 e. The second-order valence-corrected chi connectivity index (χ2v) is 5.12. The summed E-state index contributed by atoms with van der Waals surface area (Å²) in [7, 11) is 0. The number of hydrogen-bond donors (Lipinski definition) is 2. The molecule has 1 saturated heterocycles. The predicted octanol–water partition coefficient (Wildman–Crippen LogP) is 2.00. The van der Waals surface area contributed by atoms with Gasteiger partial charge in [-0.2, -0.15) is 0 Å². The van der Waals surface area contributed by atoms with E-state index >= 15 is 0 Å². The minimum absolute atomic E-state index is 0.118. The van der Waals surface area contributed by atoms with Crippen molar-refractivity contribution in [1.29, 1.82) is 0 Å². The number of nitrogens with zero attached hydrogens (tertiary/aromatic N) is 1. The van der Waals surface area contributed by atoms with Gasteiger partial charge in [0.05, 0.1) is 5.69 Å². The average molecular weight is 273 g/mol. The zero-order valence-electron chi connectivity index (χ0n) is 11.3. The SMILES string of the molecule is O=c1[nH]ccn1-c1ccc(NCC2CCOCC2)cc1. The van der Waals surface area contributed by atoms with Crippen LogP contribution in [0.25, 0.3) is 5.69 Å². The summed E-state index contributed by atoms with van der Waals surface area (Å²) < 4.78 is 6.94. The predicted molar refractivity (Wildman–Crippen MR) is 78.4 cm³/mol. The Hall–Kier alpha value is -2.01. The third-order valence-electron chi connectivity index (χ3n) is 3.73. The molecule has 5 heteroatoms. The van der Waals surface area contributed by atoms with Gasteiger partial charge in [0.25, 0.3) is 0 Å². The Bertz CT molecular complexity index is 594. The van der Waals surface area contributed by atoms with Crippen LogP contribution in [0.4, 0.5) is 5.69 Å². The topological polar surface area (TPSA) is 59.0 Å². The molecule has 1 aromatic carbocycles. The molecular weight excluding hydrogens is 254 g/mol. The highest BCUT2D eigenvalue weighted by atomic mass is 16.5. The lowest BCUT2D eigenvalue weighted by Gasteiger charge is -2.22. The molecule has 5 nitrogen and oxygen atoms in total. The first-order chi connectivity index (χ1) is 9.83. The summed E-state index contributed by atoms with van der Waals surface area (Å²) in [6, 6.07) is 7.91. The Morgan fingerprint density at radius 1 is 1.25 bits per heavy atom. The molecule has 0 aliphatic carbocycles. The van der Waals surface area contributed by atoms with E-state index in [2.05, 4.69) is 10.3 Å². The standard InChI is InChI=1S/C15H19N3O2/c19-15-16-7-8-18(15)14-3-1-13(2-4-14)17-11-12-5-9-20-10-6-12/h1-4,7-8,12,17H,5-6,9-11H2,(H,16,19). The molecular formula is C15H19N3O2. The molecule has 106 valence electrons. The van der Waals surface area contributed by atoms with E-state index in [1.165, 1.54) is 0 Å². The average Bonchev–Trinajstić information content (AvgIpc) is 2.93. The van der Waals surface area contributed by atoms with Gasteiger partial charge in [0, 0.05) is 37.8 Å². The second kappa shape index (κ2) is 5.96. The van der Waals surface area contributed by atoms with Crippen molar-refractivity contribution in [2.45, 2.75) is 12.8 Å². The van der Waals surface area contributed by atoms with Crippen molar-refractivity contribution in [3.05, 3.63) is 47.1 Å². The fraction of sp³-hybridized carbons (Fsp3) is 0.400. The van der Waals surface area contributed by atoms with Crippen LogP contribution in [-0.2, 0) is 4.74 Å². The Kier molecular flexibility index (Phi) is 3.87. The van der Waals surface area contributed by atoms with E-state index < -0.39 is 0 Å². The quantitative estimate of drug-likeness (QED) is 0.896. The molecule has 1 aliphatic heterocycles. The first kappa shape index (κ1) is 13.0. The van der Waals surface area contributed by atoms with E-state index in [1.54, 1.807) is 17.0 Å². The van der Waals surface area contributed by atoms with E-state index in [4.69, 9.17) is 4.74 Å². The van der Waals surface area contributed by atoms with Crippen molar-refractivity contribution in [2.75, 3.05) is 25.1 Å². The first-order valence-corrected chi connectivity index (χ1v) is 7.01. The van der Waals surface area contributed by atoms with E-state index in [0.29, 0.717) is 5.92 Å². The fourth-order valence-electron chi connectivity index (χ4n) is 2.48. The highest BCUT2D eigenvalue weighted by Gasteiger charge is 2.13. The number of rotatable bonds is 4. The summed E-state index contributed by atoms with van der Waals surface area (Å²) in [6.45, 7) is 2.73. The van der Waals surface area contributed by atoms with Crippen molar-refractivity contribution in [2.24, 2.45) is 5.92 Å². The number of H-pyrrole nitrogens is 1. The molecule has 0 atom stereocenters. The summed E-state index contributed by atoms with van der Waals surface area (Å²) in [5.74, 6) is 0.690. The lowest BCUT2D eigenvalue weighted by molar-refractivity contribution is 0.0699. The van der Waals surface area contributed by atoms with Crippen molar-refractivity contribution in [3.63, 3.8) is 0 Å². The number of benzene rings is 1. The summed E-state index contributed by atoms with van der Waals surface area (Å²) in [6.07, 6.45) is 5.63. The Balaban J connectivity index is 1.61. The van der Waals surface area contributed by atoms with Crippen LogP contribution < -0.4 is 11.0 Å². The van der Waals surface area contributed by atoms with Gasteiger partial charge in [-0.15, -0.1) is 0 Å². The maximum Gasteiger partial charge on any atom is 0.330 e. The summed E-state index contributed by atoms with van der Waals surface area (Å²) >= 11 is 0. The minimum Gasteiger partial charge on any atom is -0.385 e. The van der Waals surface area contributed by atoms with Crippen molar-refractivity contribution >= 4 is 5.69 Å². The third-order valence-corrected chi connectivity index (χ3v) is 3.73. The second-order valence-electron chi connectivity index (χ2n) is 5.12. The summed E-state index contributed by atoms with van der Waals surface area (Å²) in [4.78, 5) is 14.1. The fourth-order valence-corrected chi connectivity index (χ4v) is 2.48. The van der Waals surface area contributed by atoms with Crippen LogP contribution in [0.1, 0.15) is 12.8 Å². The van der Waals surface area contributed by atoms with Crippen LogP contribution in [0.15, 0.2) is 41.5 Å². The molecule has 3 rings (SSSR count). The molecule has 2 heterocycles. The normalized spacial score (nSPS) is 16.2. The van der Waals surface area contributed by atoms with Gasteiger partial charge >= 0.3 is 5.69 Å². The van der Waals surface area contributed by atoms with Gasteiger partial charge in [-0.1, -0.05) is 0 Å². The van der Waals surface area contributed by atoms with Gasteiger partial charge in [-0.3, -0.25) is 4.57 Å². The zero-order chi connectivity index (χ0) is 13.8. The van der Waals surface area contributed by atoms with Gasteiger partial charge in [-0.05, 0) is 43.0 Å². The zero-order valence-corrected chi connectivity index (χ0v) is 11.3. The lowest BCUT2D eigenvalue weighted by Crippen LogP contribution is -2.22. The molecule has 0 bridgehead atoms. The van der Waals surface area contributed by atoms with E-state index in [-0.39, 0.29) is 5.69 Å². The number of imidazole rings is 1. The van der Waals surface area contributed by atoms with E-state index in [1.807, 2.05) is 24.3 Å². The molecule has 1 aromatic heterocycles. The van der Waals surface area contributed by atoms with E-state index in [9.17, 15) is 4.79 Å². The van der Waals surface area contributed by atoms with Gasteiger partial charge in [0.1, 0.15) is 0 Å². The molecule has 0 radical (unpaired) electrons. The molecule has 0 spiro atoms. The van der Waals surface area contributed by atoms with Crippen molar-refractivity contribution < 1.29 is 4.74 Å². The molecule has 1 aliphatic rings. The minimum atomic E-state index is -0.118. The van der Waals surface area contributed by atoms with Crippen molar-refractivity contribution in [1.82, 2.24) is 9.55 Å². The maximum absolute atomic E-state index is 11.5. The Morgan fingerprint density at radius 2 is 2.00 bits per heavy atom. The lowest BCUT2D eigenvalue weighted by atomic mass is 10.0. The highest BCUT2D eigenvalue weighted by Crippen LogP contribution is 2.17. The molecule has 0 saturated carbocycles. The van der Waals surface area contributed by atoms with Crippen LogP contribution in [0.3, 0.4) is 0 Å². The third kappa shape index (κ3) is 2.93. The number of nitrogens with one attached hydrogen (secondary N) is 2. The Labute approximate surface area is 117 Å². The van der Waals surface area contributed by atoms with Crippen molar-refractivity contribution in [3.8, 4) is 5.69 Å². The molecule has 1 fully saturated rings. The molecule has 0 amide bonds. The van der Waals surface area contributed by atoms with Crippen LogP contribution in [0.2, 0.25) is 0 Å². The first-order valence-electron chi connectivity index (χ1n) is 7.01. The Morgan fingerprint density at radius 3 is 2.65 bits per heavy atom. The molecule has 20 heavy (non-hydrogen) atoms. The summed E-state index contributed by atoms with van der Waals surface area (Å²) in [5, 5.41) is 3.45. The number of ether oxygens (including phenoxy) is 1. The van der Waals surface area contributed by atoms with Gasteiger partial charge < -0.3 is 15.0 Å². The molecule has 0 unspecified atom stereocenters. The smallest absolute Gasteiger partial charge is 0.330 e. The van der Waals surface area contributed by atoms with Crippen LogP contribution in [-0.4, -0.2) is 29.3 Å². The van der Waals surface area contributed by atoms with Gasteiger partial charge in [0.15, 0.2) is 0 Å². The highest BCUT2D eigenvalue weighted by molar-refractivity contribution is 5.48. The van der Waals surface area contributed by atoms with Gasteiger partial charge in [0.2, 0.25) is 0 Å². The number of hydrogen-bond acceptors (Lipinski definition) is 3. The van der Waals surface area contributed by atoms with Crippen LogP contribution in [0.5, 0.6) is 0 Å². The maximum atomic E-state index is 11.5. The molecule has 2 N–H and O–H groups in total. The number of aromatic nitrogens is 2. The van der Waals surface area contributed by atoms with E-state index in [0.717, 1.165) is 44.0 Å². The molecule has 2 aromatic rings. The number of anilines is 1. The van der Waals surface area contributed by atoms with Crippen LogP contribution >= 0.6 is 0 Å².